The van der Waals surface area contributed by atoms with Crippen molar-refractivity contribution < 1.29 is 9.13 Å². The van der Waals surface area contributed by atoms with Crippen molar-refractivity contribution in [3.8, 4) is 5.75 Å². The Kier molecular flexibility index (Phi) is 4.31. The molecule has 0 aromatic heterocycles. The van der Waals surface area contributed by atoms with Gasteiger partial charge in [0.15, 0.2) is 0 Å². The second kappa shape index (κ2) is 5.81. The molecule has 0 amide bonds. The summed E-state index contributed by atoms with van der Waals surface area (Å²) in [6.07, 6.45) is 0. The zero-order valence-electron chi connectivity index (χ0n) is 11.7. The van der Waals surface area contributed by atoms with Gasteiger partial charge in [0.25, 0.3) is 0 Å². The van der Waals surface area contributed by atoms with Gasteiger partial charge in [0.2, 0.25) is 0 Å². The van der Waals surface area contributed by atoms with Crippen molar-refractivity contribution in [3.63, 3.8) is 0 Å². The first-order chi connectivity index (χ1) is 9.47. The van der Waals surface area contributed by atoms with E-state index in [1.165, 1.54) is 6.07 Å². The van der Waals surface area contributed by atoms with Gasteiger partial charge in [-0.1, -0.05) is 35.9 Å². The second-order valence-electron chi connectivity index (χ2n) is 4.75. The van der Waals surface area contributed by atoms with E-state index in [1.807, 2.05) is 26.0 Å². The smallest absolute Gasteiger partial charge is 0.146 e. The summed E-state index contributed by atoms with van der Waals surface area (Å²) < 4.78 is 19.5. The number of hydrogen-bond donors (Lipinski definition) is 1. The summed E-state index contributed by atoms with van der Waals surface area (Å²) in [5.74, 6) is 0.207. The first-order valence-electron chi connectivity index (χ1n) is 6.31. The number of methoxy groups -OCH3 is 1. The fraction of sp³-hybridized carbons (Fsp3) is 0.250. The number of ether oxygens (including phenoxy) is 1. The topological polar surface area (TPSA) is 35.2 Å². The molecular weight excluding hydrogens is 277 g/mol. The SMILES string of the molecule is COc1c(C(N)c2cccc(Cl)c2F)ccc(C)c1C. The maximum atomic E-state index is 14.1. The Hall–Kier alpha value is -1.58. The molecule has 0 aliphatic carbocycles. The van der Waals surface area contributed by atoms with Crippen molar-refractivity contribution in [3.05, 3.63) is 63.4 Å². The van der Waals surface area contributed by atoms with Crippen LogP contribution in [0.5, 0.6) is 5.75 Å². The van der Waals surface area contributed by atoms with E-state index < -0.39 is 11.9 Å². The minimum Gasteiger partial charge on any atom is -0.496 e. The lowest BCUT2D eigenvalue weighted by atomic mass is 9.94. The van der Waals surface area contributed by atoms with Crippen LogP contribution in [0.3, 0.4) is 0 Å². The van der Waals surface area contributed by atoms with Gasteiger partial charge in [-0.25, -0.2) is 4.39 Å². The molecule has 1 unspecified atom stereocenters. The monoisotopic (exact) mass is 293 g/mol. The van der Waals surface area contributed by atoms with Gasteiger partial charge in [0.05, 0.1) is 18.2 Å². The number of aryl methyl sites for hydroxylation is 1. The Bertz CT molecular complexity index is 643. The Labute approximate surface area is 123 Å². The molecule has 0 bridgehead atoms. The van der Waals surface area contributed by atoms with E-state index in [4.69, 9.17) is 22.1 Å². The standard InChI is InChI=1S/C16H17ClFNO/c1-9-7-8-12(16(20-3)10(9)2)15(19)11-5-4-6-13(17)14(11)18/h4-8,15H,19H2,1-3H3. The van der Waals surface area contributed by atoms with Crippen LogP contribution in [0, 0.1) is 19.7 Å². The van der Waals surface area contributed by atoms with Gasteiger partial charge in [-0.2, -0.15) is 0 Å². The van der Waals surface area contributed by atoms with Gasteiger partial charge in [0, 0.05) is 11.1 Å². The van der Waals surface area contributed by atoms with Crippen LogP contribution in [-0.4, -0.2) is 7.11 Å². The summed E-state index contributed by atoms with van der Waals surface area (Å²) in [7, 11) is 1.59. The molecule has 0 fully saturated rings. The van der Waals surface area contributed by atoms with E-state index in [0.717, 1.165) is 16.7 Å². The summed E-state index contributed by atoms with van der Waals surface area (Å²) in [5.41, 5.74) is 9.41. The Morgan fingerprint density at radius 3 is 2.50 bits per heavy atom. The molecule has 2 nitrogen and oxygen atoms in total. The van der Waals surface area contributed by atoms with Gasteiger partial charge >= 0.3 is 0 Å². The quantitative estimate of drug-likeness (QED) is 0.922. The van der Waals surface area contributed by atoms with E-state index in [2.05, 4.69) is 0 Å². The van der Waals surface area contributed by atoms with Gasteiger partial charge in [-0.05, 0) is 31.0 Å². The Balaban J connectivity index is 2.56. The van der Waals surface area contributed by atoms with Crippen LogP contribution in [0.15, 0.2) is 30.3 Å². The van der Waals surface area contributed by atoms with Crippen LogP contribution in [0.2, 0.25) is 5.02 Å². The first kappa shape index (κ1) is 14.8. The molecule has 106 valence electrons. The van der Waals surface area contributed by atoms with Crippen LogP contribution in [0.4, 0.5) is 4.39 Å². The molecule has 20 heavy (non-hydrogen) atoms. The zero-order valence-corrected chi connectivity index (χ0v) is 12.5. The van der Waals surface area contributed by atoms with Crippen LogP contribution >= 0.6 is 11.6 Å². The summed E-state index contributed by atoms with van der Waals surface area (Å²) in [5, 5.41) is 0.0701. The molecule has 0 spiro atoms. The average Bonchev–Trinajstić information content (AvgIpc) is 2.44. The lowest BCUT2D eigenvalue weighted by molar-refractivity contribution is 0.404. The highest BCUT2D eigenvalue weighted by Gasteiger charge is 2.20. The van der Waals surface area contributed by atoms with Crippen LogP contribution < -0.4 is 10.5 Å². The molecule has 0 saturated heterocycles. The van der Waals surface area contributed by atoms with E-state index >= 15 is 0 Å². The van der Waals surface area contributed by atoms with E-state index in [1.54, 1.807) is 19.2 Å². The van der Waals surface area contributed by atoms with Crippen LogP contribution in [0.1, 0.15) is 28.3 Å². The number of rotatable bonds is 3. The van der Waals surface area contributed by atoms with Crippen molar-refractivity contribution in [2.75, 3.05) is 7.11 Å². The van der Waals surface area contributed by atoms with Crippen LogP contribution in [0.25, 0.3) is 0 Å². The van der Waals surface area contributed by atoms with Gasteiger partial charge in [0.1, 0.15) is 11.6 Å². The highest BCUT2D eigenvalue weighted by atomic mass is 35.5. The van der Waals surface area contributed by atoms with Crippen LogP contribution in [-0.2, 0) is 0 Å². The molecule has 0 aliphatic heterocycles. The van der Waals surface area contributed by atoms with E-state index in [0.29, 0.717) is 11.3 Å². The van der Waals surface area contributed by atoms with Gasteiger partial charge in [-0.15, -0.1) is 0 Å². The minimum atomic E-state index is -0.622. The Morgan fingerprint density at radius 2 is 1.85 bits per heavy atom. The summed E-state index contributed by atoms with van der Waals surface area (Å²) in [4.78, 5) is 0. The number of benzene rings is 2. The third kappa shape index (κ3) is 2.51. The first-order valence-corrected chi connectivity index (χ1v) is 6.68. The molecule has 2 rings (SSSR count). The molecule has 4 heteroatoms. The Morgan fingerprint density at radius 1 is 1.15 bits per heavy atom. The molecule has 2 aromatic rings. The van der Waals surface area contributed by atoms with Gasteiger partial charge < -0.3 is 10.5 Å². The third-order valence-corrected chi connectivity index (χ3v) is 3.85. The van der Waals surface area contributed by atoms with Crippen molar-refractivity contribution >= 4 is 11.6 Å². The maximum absolute atomic E-state index is 14.1. The fourth-order valence-electron chi connectivity index (χ4n) is 2.26. The summed E-state index contributed by atoms with van der Waals surface area (Å²) in [6.45, 7) is 3.95. The molecule has 0 aliphatic rings. The molecule has 0 radical (unpaired) electrons. The maximum Gasteiger partial charge on any atom is 0.146 e. The summed E-state index contributed by atoms with van der Waals surface area (Å²) in [6, 6.07) is 8.03. The lowest BCUT2D eigenvalue weighted by Crippen LogP contribution is -2.15. The normalized spacial score (nSPS) is 12.3. The van der Waals surface area contributed by atoms with Crippen molar-refractivity contribution in [2.45, 2.75) is 19.9 Å². The van der Waals surface area contributed by atoms with Crippen molar-refractivity contribution in [2.24, 2.45) is 5.73 Å². The zero-order chi connectivity index (χ0) is 14.9. The minimum absolute atomic E-state index is 0.0701. The number of hydrogen-bond acceptors (Lipinski definition) is 2. The molecule has 2 N–H and O–H groups in total. The van der Waals surface area contributed by atoms with Crippen molar-refractivity contribution in [1.82, 2.24) is 0 Å². The van der Waals surface area contributed by atoms with Crippen molar-refractivity contribution in [1.29, 1.82) is 0 Å². The van der Waals surface area contributed by atoms with E-state index in [9.17, 15) is 4.39 Å². The number of halogens is 2. The predicted octanol–water partition coefficient (Wildman–Crippen LogP) is 4.15. The lowest BCUT2D eigenvalue weighted by Gasteiger charge is -2.19. The molecular formula is C16H17ClFNO. The van der Waals surface area contributed by atoms with E-state index in [-0.39, 0.29) is 5.02 Å². The molecule has 0 heterocycles. The number of nitrogens with two attached hydrogens (primary N) is 1. The fourth-order valence-corrected chi connectivity index (χ4v) is 2.44. The largest absolute Gasteiger partial charge is 0.496 e. The third-order valence-electron chi connectivity index (χ3n) is 3.56. The highest BCUT2D eigenvalue weighted by molar-refractivity contribution is 6.30. The molecule has 1 atom stereocenters. The molecule has 2 aromatic carbocycles. The second-order valence-corrected chi connectivity index (χ2v) is 5.16. The summed E-state index contributed by atoms with van der Waals surface area (Å²) >= 11 is 5.81. The highest BCUT2D eigenvalue weighted by Crippen LogP contribution is 2.34. The average molecular weight is 294 g/mol. The van der Waals surface area contributed by atoms with Gasteiger partial charge in [-0.3, -0.25) is 0 Å². The predicted molar refractivity (Wildman–Crippen MR) is 79.9 cm³/mol. The molecule has 0 saturated carbocycles.